The van der Waals surface area contributed by atoms with Crippen LogP contribution in [-0.2, 0) is 25.2 Å². The molecule has 0 atom stereocenters. The Morgan fingerprint density at radius 2 is 1.14 bits per heavy atom. The number of imidazole rings is 1. The summed E-state index contributed by atoms with van der Waals surface area (Å²) in [6.07, 6.45) is 6.17. The summed E-state index contributed by atoms with van der Waals surface area (Å²) in [5, 5.41) is -7.36. The smallest absolute Gasteiger partial charge is 0.223 e. The van der Waals surface area contributed by atoms with Crippen LogP contribution in [0, 0.1) is 0 Å². The summed E-state index contributed by atoms with van der Waals surface area (Å²) in [5.41, 5.74) is 8.39. The predicted octanol–water partition coefficient (Wildman–Crippen LogP) is 6.03. The van der Waals surface area contributed by atoms with E-state index in [9.17, 15) is 0 Å². The first-order valence-electron chi connectivity index (χ1n) is 19.9. The number of fused-ring (bicyclic) bond motifs is 7. The van der Waals surface area contributed by atoms with Crippen LogP contribution >= 0.6 is 21.4 Å². The number of aromatic nitrogens is 3. The monoisotopic (exact) mass is 823 g/mol. The van der Waals surface area contributed by atoms with Crippen molar-refractivity contribution in [3.63, 3.8) is 0 Å². The summed E-state index contributed by atoms with van der Waals surface area (Å²) < 4.78 is 9.43. The molecule has 18 heteroatoms. The number of hydrogen-bond donors (Lipinski definition) is 0. The van der Waals surface area contributed by atoms with Crippen molar-refractivity contribution in [2.24, 2.45) is 0 Å². The average molecular weight is 822 g/mol. The van der Waals surface area contributed by atoms with Crippen molar-refractivity contribution < 1.29 is 4.74 Å². The second-order valence-corrected chi connectivity index (χ2v) is 22.6. The quantitative estimate of drug-likeness (QED) is 0.185. The first kappa shape index (κ1) is 44.1. The number of hydrogen-bond acceptors (Lipinski definition) is 4. The molecular formula is C45H29B12N3OS2. The van der Waals surface area contributed by atoms with E-state index in [2.05, 4.69) is 30.8 Å². The first-order chi connectivity index (χ1) is 29.3. The van der Waals surface area contributed by atoms with Gasteiger partial charge < -0.3 is 4.74 Å². The van der Waals surface area contributed by atoms with Crippen LogP contribution in [0.15, 0.2) is 108 Å². The van der Waals surface area contributed by atoms with E-state index in [0.717, 1.165) is 36.7 Å². The lowest BCUT2D eigenvalue weighted by Crippen LogP contribution is -2.30. The van der Waals surface area contributed by atoms with Gasteiger partial charge in [-0.2, -0.15) is 0 Å². The number of ether oxygens (including phenoxy) is 1. The van der Waals surface area contributed by atoms with Crippen molar-refractivity contribution in [2.45, 2.75) is 43.9 Å². The highest BCUT2D eigenvalue weighted by Crippen LogP contribution is 2.70. The summed E-state index contributed by atoms with van der Waals surface area (Å²) >= 11 is 1.47. The third-order valence-electron chi connectivity index (χ3n) is 12.4. The average Bonchev–Trinajstić information content (AvgIpc) is 3.73. The van der Waals surface area contributed by atoms with Gasteiger partial charge in [0.05, 0.1) is 115 Å². The van der Waals surface area contributed by atoms with Crippen LogP contribution in [0.2, 0.25) is 0 Å². The molecule has 0 N–H and O–H groups in total. The first-order valence-corrected chi connectivity index (χ1v) is 23.2. The van der Waals surface area contributed by atoms with Crippen LogP contribution in [0.5, 0.6) is 11.6 Å². The van der Waals surface area contributed by atoms with Gasteiger partial charge in [0.25, 0.3) is 0 Å². The lowest BCUT2D eigenvalue weighted by Gasteiger charge is -2.46. The van der Waals surface area contributed by atoms with Crippen molar-refractivity contribution >= 4 is 142 Å². The third kappa shape index (κ3) is 7.16. The van der Waals surface area contributed by atoms with Gasteiger partial charge in [-0.25, -0.2) is 20.0 Å². The number of rotatable bonds is 7. The van der Waals surface area contributed by atoms with Gasteiger partial charge in [-0.05, 0) is 91.1 Å². The van der Waals surface area contributed by atoms with Gasteiger partial charge in [-0.1, -0.05) is 88.2 Å². The van der Waals surface area contributed by atoms with Crippen molar-refractivity contribution in [3.05, 3.63) is 131 Å². The van der Waals surface area contributed by atoms with Crippen LogP contribution in [0.25, 0.3) is 59.6 Å². The predicted molar refractivity (Wildman–Crippen MR) is 275 cm³/mol. The molecule has 24 radical (unpaired) electrons. The maximum Gasteiger partial charge on any atom is 0.223 e. The molecule has 9 rings (SSSR count). The summed E-state index contributed by atoms with van der Waals surface area (Å²) in [7, 11) is 77.1. The topological polar surface area (TPSA) is 39.4 Å². The minimum Gasteiger partial charge on any atom is -0.437 e. The lowest BCUT2D eigenvalue weighted by molar-refractivity contribution is 0.446. The molecule has 278 valence electrons. The zero-order valence-electron chi connectivity index (χ0n) is 35.3. The fraction of sp³-hybridized carbons (Fsp3) is 0.200. The van der Waals surface area contributed by atoms with E-state index in [1.54, 1.807) is 18.3 Å². The highest BCUT2D eigenvalue weighted by Gasteiger charge is 2.44. The summed E-state index contributed by atoms with van der Waals surface area (Å²) in [6.45, 7) is 4.40. The van der Waals surface area contributed by atoms with E-state index in [4.69, 9.17) is 109 Å². The minimum absolute atomic E-state index is 0.322. The molecule has 0 spiro atoms. The Labute approximate surface area is 390 Å². The Morgan fingerprint density at radius 3 is 1.75 bits per heavy atom. The van der Waals surface area contributed by atoms with Gasteiger partial charge in [-0.15, -0.1) is 20.5 Å². The summed E-state index contributed by atoms with van der Waals surface area (Å²) in [6, 6.07) is 30.3. The summed E-state index contributed by atoms with van der Waals surface area (Å²) in [4.78, 5) is 11.3. The van der Waals surface area contributed by atoms with Crippen molar-refractivity contribution in [1.82, 2.24) is 14.4 Å². The molecule has 63 heavy (non-hydrogen) atoms. The standard InChI is InChI=1S/C45H29B12N3OS2/c1-41(2)30-8-7-19-58-39(30)61-37-34(63(41,3)4)18-16-28(44(52,53)54)35(37)22-11-13-26(42(46,47)48)24(20-22)25-21-23(12-14-27(25)43(49,50)51)36-29(45(55,56)57)15-17-33-38(36)62-40-59-31-9-5-6-10-32(31)60(33)40/h5-21H,1-4H3. The fourth-order valence-corrected chi connectivity index (χ4v) is 12.3. The molecule has 4 heterocycles. The van der Waals surface area contributed by atoms with Crippen molar-refractivity contribution in [3.8, 4) is 45.0 Å². The molecule has 4 nitrogen and oxygen atoms in total. The molecular weight excluding hydrogens is 792 g/mol. The number of benzene rings is 5. The SMILES string of the molecule is [B]C([B])([B])c1ccc(-c2c(C([B])([B])[B])ccc3c2Oc2ncccc2C(C)(C)S3(C)C)cc1-c1cc(-c2c(C([B])([B])[B])ccc3c2sc2nc4ccccc4n23)ccc1C([B])([B])[B]. The van der Waals surface area contributed by atoms with E-state index in [0.29, 0.717) is 67.3 Å². The zero-order valence-corrected chi connectivity index (χ0v) is 36.9. The highest BCUT2D eigenvalue weighted by molar-refractivity contribution is 8.33. The van der Waals surface area contributed by atoms with Gasteiger partial charge >= 0.3 is 0 Å². The fourth-order valence-electron chi connectivity index (χ4n) is 8.79. The second-order valence-electron chi connectivity index (χ2n) is 17.5. The van der Waals surface area contributed by atoms with Crippen LogP contribution < -0.4 is 4.74 Å². The molecule has 1 aliphatic heterocycles. The van der Waals surface area contributed by atoms with E-state index in [1.165, 1.54) is 11.3 Å². The van der Waals surface area contributed by atoms with E-state index in [1.807, 2.05) is 84.9 Å². The number of pyridine rings is 1. The van der Waals surface area contributed by atoms with E-state index >= 15 is 0 Å². The molecule has 0 unspecified atom stereocenters. The number of nitrogens with zero attached hydrogens (tertiary/aromatic N) is 3. The molecule has 0 saturated heterocycles. The number of thiazole rings is 1. The molecule has 1 aliphatic rings. The van der Waals surface area contributed by atoms with E-state index < -0.39 is 30.5 Å². The molecule has 3 aromatic heterocycles. The van der Waals surface area contributed by atoms with Crippen molar-refractivity contribution in [1.29, 1.82) is 0 Å². The molecule has 0 saturated carbocycles. The molecule has 5 aromatic carbocycles. The van der Waals surface area contributed by atoms with E-state index in [-0.39, 0.29) is 4.75 Å². The highest BCUT2D eigenvalue weighted by atomic mass is 32.3. The van der Waals surface area contributed by atoms with Gasteiger partial charge in [0, 0.05) is 32.5 Å². The largest absolute Gasteiger partial charge is 0.437 e. The van der Waals surface area contributed by atoms with Crippen LogP contribution in [-0.4, -0.2) is 121 Å². The normalized spacial score (nSPS) is 15.7. The molecule has 0 amide bonds. The van der Waals surface area contributed by atoms with Crippen LogP contribution in [0.3, 0.4) is 0 Å². The lowest BCUT2D eigenvalue weighted by atomic mass is 9.38. The van der Waals surface area contributed by atoms with Gasteiger partial charge in [0.2, 0.25) is 5.88 Å². The van der Waals surface area contributed by atoms with Gasteiger partial charge in [0.15, 0.2) is 4.96 Å². The summed E-state index contributed by atoms with van der Waals surface area (Å²) in [5.74, 6) is 0.945. The zero-order chi connectivity index (χ0) is 45.4. The van der Waals surface area contributed by atoms with Gasteiger partial charge in [0.1, 0.15) is 5.75 Å². The second kappa shape index (κ2) is 14.7. The molecule has 0 bridgehead atoms. The molecule has 0 fully saturated rings. The Hall–Kier alpha value is -4.13. The Bertz CT molecular complexity index is 3170. The molecule has 8 aromatic rings. The van der Waals surface area contributed by atoms with Crippen molar-refractivity contribution in [2.75, 3.05) is 12.5 Å². The Morgan fingerprint density at radius 1 is 0.603 bits per heavy atom. The Balaban J connectivity index is 1.36. The number of para-hydroxylation sites is 2. The van der Waals surface area contributed by atoms with Crippen LogP contribution in [0.1, 0.15) is 41.7 Å². The van der Waals surface area contributed by atoms with Gasteiger partial charge in [-0.3, -0.25) is 4.40 Å². The maximum absolute atomic E-state index is 6.89. The Kier molecular flexibility index (Phi) is 10.3. The maximum atomic E-state index is 6.89. The minimum atomic E-state index is -1.89. The van der Waals surface area contributed by atoms with Crippen LogP contribution in [0.4, 0.5) is 0 Å². The third-order valence-corrected chi connectivity index (χ3v) is 17.7. The molecule has 0 aliphatic carbocycles.